The summed E-state index contributed by atoms with van der Waals surface area (Å²) in [7, 11) is 1.53. The third kappa shape index (κ3) is 5.18. The average molecular weight is 319 g/mol. The number of rotatable bonds is 8. The molecule has 122 valence electrons. The monoisotopic (exact) mass is 319 g/mol. The number of hydrogen-bond acceptors (Lipinski definition) is 4. The number of amides is 1. The molecule has 23 heavy (non-hydrogen) atoms. The fourth-order valence-corrected chi connectivity index (χ4v) is 1.85. The highest BCUT2D eigenvalue weighted by Gasteiger charge is 2.07. The summed E-state index contributed by atoms with van der Waals surface area (Å²) in [4.78, 5) is 11.7. The number of para-hydroxylation sites is 3. The van der Waals surface area contributed by atoms with Crippen molar-refractivity contribution in [3.8, 4) is 17.2 Å². The van der Waals surface area contributed by atoms with Gasteiger partial charge in [0.2, 0.25) is 0 Å². The second-order valence-corrected chi connectivity index (χ2v) is 4.57. The summed E-state index contributed by atoms with van der Waals surface area (Å²) in [6, 6.07) is 13.2. The second-order valence-electron chi connectivity index (χ2n) is 4.57. The predicted octanol–water partition coefficient (Wildman–Crippen LogP) is 2.41. The molecule has 0 saturated heterocycles. The van der Waals surface area contributed by atoms with Crippen LogP contribution in [0, 0.1) is 5.82 Å². The van der Waals surface area contributed by atoms with Gasteiger partial charge in [0.1, 0.15) is 6.61 Å². The molecule has 2 aromatic carbocycles. The minimum atomic E-state index is -0.432. The molecule has 0 aromatic heterocycles. The number of halogens is 1. The fraction of sp³-hybridized carbons (Fsp3) is 0.235. The van der Waals surface area contributed by atoms with Gasteiger partial charge in [0.25, 0.3) is 5.91 Å². The van der Waals surface area contributed by atoms with Crippen LogP contribution in [0.1, 0.15) is 0 Å². The van der Waals surface area contributed by atoms with Gasteiger partial charge in [0.05, 0.1) is 13.7 Å². The van der Waals surface area contributed by atoms with Crippen molar-refractivity contribution in [1.82, 2.24) is 5.32 Å². The normalized spacial score (nSPS) is 10.0. The van der Waals surface area contributed by atoms with Gasteiger partial charge in [0.15, 0.2) is 29.7 Å². The first kappa shape index (κ1) is 16.6. The van der Waals surface area contributed by atoms with E-state index < -0.39 is 5.82 Å². The number of benzene rings is 2. The van der Waals surface area contributed by atoms with Crippen molar-refractivity contribution in [1.29, 1.82) is 0 Å². The Morgan fingerprint density at radius 1 is 1.00 bits per heavy atom. The zero-order valence-electron chi connectivity index (χ0n) is 12.8. The number of ether oxygens (including phenoxy) is 3. The van der Waals surface area contributed by atoms with Crippen LogP contribution in [0.2, 0.25) is 0 Å². The highest BCUT2D eigenvalue weighted by Crippen LogP contribution is 2.25. The first-order chi connectivity index (χ1) is 11.2. The third-order valence-electron chi connectivity index (χ3n) is 2.95. The molecule has 5 nitrogen and oxygen atoms in total. The molecule has 0 aliphatic rings. The van der Waals surface area contributed by atoms with E-state index in [-0.39, 0.29) is 31.4 Å². The second kappa shape index (κ2) is 8.63. The quantitative estimate of drug-likeness (QED) is 0.759. The van der Waals surface area contributed by atoms with E-state index in [1.165, 1.54) is 19.2 Å². The van der Waals surface area contributed by atoms with Gasteiger partial charge in [-0.3, -0.25) is 4.79 Å². The summed E-state index contributed by atoms with van der Waals surface area (Å²) in [5.74, 6) is 0.481. The van der Waals surface area contributed by atoms with Gasteiger partial charge in [-0.15, -0.1) is 0 Å². The highest BCUT2D eigenvalue weighted by molar-refractivity contribution is 5.77. The smallest absolute Gasteiger partial charge is 0.258 e. The van der Waals surface area contributed by atoms with Crippen molar-refractivity contribution < 1.29 is 23.4 Å². The molecular formula is C17H18FNO4. The average Bonchev–Trinajstić information content (AvgIpc) is 2.58. The van der Waals surface area contributed by atoms with Gasteiger partial charge in [-0.25, -0.2) is 4.39 Å². The Morgan fingerprint density at radius 3 is 2.35 bits per heavy atom. The number of methoxy groups -OCH3 is 1. The number of nitrogens with one attached hydrogen (secondary N) is 1. The van der Waals surface area contributed by atoms with Crippen LogP contribution >= 0.6 is 0 Å². The lowest BCUT2D eigenvalue weighted by atomic mass is 10.3. The summed E-state index contributed by atoms with van der Waals surface area (Å²) in [5, 5.41) is 2.63. The molecule has 6 heteroatoms. The van der Waals surface area contributed by atoms with E-state index in [2.05, 4.69) is 5.32 Å². The number of carbonyl (C=O) groups excluding carboxylic acids is 1. The predicted molar refractivity (Wildman–Crippen MR) is 83.4 cm³/mol. The minimum absolute atomic E-state index is 0.139. The summed E-state index contributed by atoms with van der Waals surface area (Å²) >= 11 is 0. The van der Waals surface area contributed by atoms with Crippen LogP contribution in [0.3, 0.4) is 0 Å². The number of hydrogen-bond donors (Lipinski definition) is 1. The molecule has 0 atom stereocenters. The minimum Gasteiger partial charge on any atom is -0.493 e. The largest absolute Gasteiger partial charge is 0.493 e. The first-order valence-electron chi connectivity index (χ1n) is 7.10. The van der Waals surface area contributed by atoms with E-state index in [9.17, 15) is 9.18 Å². The van der Waals surface area contributed by atoms with Crippen molar-refractivity contribution >= 4 is 5.91 Å². The zero-order valence-corrected chi connectivity index (χ0v) is 12.8. The maximum Gasteiger partial charge on any atom is 0.258 e. The van der Waals surface area contributed by atoms with E-state index in [0.29, 0.717) is 11.5 Å². The Labute approximate surface area is 134 Å². The zero-order chi connectivity index (χ0) is 16.5. The van der Waals surface area contributed by atoms with Crippen molar-refractivity contribution in [2.45, 2.75) is 0 Å². The Kier molecular flexibility index (Phi) is 6.23. The van der Waals surface area contributed by atoms with E-state index in [1.807, 2.05) is 6.07 Å². The van der Waals surface area contributed by atoms with Gasteiger partial charge >= 0.3 is 0 Å². The third-order valence-corrected chi connectivity index (χ3v) is 2.95. The van der Waals surface area contributed by atoms with Crippen LogP contribution in [-0.4, -0.2) is 32.8 Å². The molecule has 0 aliphatic carbocycles. The lowest BCUT2D eigenvalue weighted by Gasteiger charge is -2.11. The Morgan fingerprint density at radius 2 is 1.65 bits per heavy atom. The Hall–Kier alpha value is -2.76. The molecule has 0 saturated carbocycles. The topological polar surface area (TPSA) is 56.8 Å². The maximum absolute atomic E-state index is 13.3. The molecule has 2 aromatic rings. The molecule has 0 radical (unpaired) electrons. The molecule has 0 fully saturated rings. The highest BCUT2D eigenvalue weighted by atomic mass is 19.1. The van der Waals surface area contributed by atoms with Gasteiger partial charge in [-0.2, -0.15) is 0 Å². The van der Waals surface area contributed by atoms with E-state index >= 15 is 0 Å². The molecule has 0 spiro atoms. The fourth-order valence-electron chi connectivity index (χ4n) is 1.85. The lowest BCUT2D eigenvalue weighted by Crippen LogP contribution is -2.32. The summed E-state index contributed by atoms with van der Waals surface area (Å²) < 4.78 is 29.1. The molecule has 0 aliphatic heterocycles. The van der Waals surface area contributed by atoms with Crippen LogP contribution < -0.4 is 19.5 Å². The van der Waals surface area contributed by atoms with Gasteiger partial charge in [-0.1, -0.05) is 24.3 Å². The molecule has 1 N–H and O–H groups in total. The van der Waals surface area contributed by atoms with Crippen LogP contribution in [0.4, 0.5) is 4.39 Å². The lowest BCUT2D eigenvalue weighted by molar-refractivity contribution is -0.123. The molecule has 0 heterocycles. The van der Waals surface area contributed by atoms with Crippen molar-refractivity contribution in [2.24, 2.45) is 0 Å². The van der Waals surface area contributed by atoms with Crippen molar-refractivity contribution in [3.63, 3.8) is 0 Å². The molecular weight excluding hydrogens is 301 g/mol. The summed E-state index contributed by atoms with van der Waals surface area (Å²) in [6.07, 6.45) is 0. The van der Waals surface area contributed by atoms with Crippen molar-refractivity contribution in [2.75, 3.05) is 26.9 Å². The molecule has 2 rings (SSSR count). The molecule has 1 amide bonds. The Balaban J connectivity index is 1.68. The maximum atomic E-state index is 13.3. The van der Waals surface area contributed by atoms with E-state index in [1.54, 1.807) is 30.3 Å². The Bertz CT molecular complexity index is 648. The van der Waals surface area contributed by atoms with Crippen LogP contribution in [0.5, 0.6) is 17.2 Å². The van der Waals surface area contributed by atoms with Crippen molar-refractivity contribution in [3.05, 3.63) is 54.3 Å². The van der Waals surface area contributed by atoms with E-state index in [4.69, 9.17) is 14.2 Å². The molecule has 0 unspecified atom stereocenters. The van der Waals surface area contributed by atoms with Gasteiger partial charge in [0, 0.05) is 0 Å². The first-order valence-corrected chi connectivity index (χ1v) is 7.10. The van der Waals surface area contributed by atoms with Crippen LogP contribution in [0.15, 0.2) is 48.5 Å². The van der Waals surface area contributed by atoms with Gasteiger partial charge < -0.3 is 19.5 Å². The van der Waals surface area contributed by atoms with Crippen LogP contribution in [0.25, 0.3) is 0 Å². The van der Waals surface area contributed by atoms with Gasteiger partial charge in [-0.05, 0) is 24.3 Å². The van der Waals surface area contributed by atoms with E-state index in [0.717, 1.165) is 0 Å². The summed E-state index contributed by atoms with van der Waals surface area (Å²) in [5.41, 5.74) is 0. The SMILES string of the molecule is COc1ccccc1OCC(=O)NCCOc1ccccc1F. The number of carbonyl (C=O) groups is 1. The summed E-state index contributed by atoms with van der Waals surface area (Å²) in [6.45, 7) is 0.282. The standard InChI is InChI=1S/C17H18FNO4/c1-21-15-8-4-5-9-16(15)23-12-17(20)19-10-11-22-14-7-3-2-6-13(14)18/h2-9H,10-12H2,1H3,(H,19,20). The molecule has 0 bridgehead atoms. The van der Waals surface area contributed by atoms with Crippen LogP contribution in [-0.2, 0) is 4.79 Å².